The molecule has 84 valence electrons. The number of ether oxygens (including phenoxy) is 1. The fraction of sp³-hybridized carbons (Fsp3) is 0.214. The quantitative estimate of drug-likeness (QED) is 0.671. The van der Waals surface area contributed by atoms with Gasteiger partial charge in [0.15, 0.2) is 0 Å². The van der Waals surface area contributed by atoms with Crippen LogP contribution in [-0.4, -0.2) is 7.11 Å². The zero-order valence-corrected chi connectivity index (χ0v) is 12.7. The average molecular weight is 295 g/mol. The number of rotatable bonds is 0. The standard InChI is InChI=1S/2C6H7.C2H5O.Zr/c2*1-6-4-2-3-5-6;1-3-2;/h2*2-5H,1H3;1H2,2H3;/q3*-1;+4. The maximum atomic E-state index is 4.00. The van der Waals surface area contributed by atoms with E-state index < -0.39 is 0 Å². The SMILES string of the molecule is C[c-]1cccc1.C[c-]1cccc1.[CH2-]OC.[Zr+4]. The molecular formula is C14H19OZr+. The van der Waals surface area contributed by atoms with Crippen LogP contribution in [0.1, 0.15) is 11.1 Å². The molecule has 0 amide bonds. The molecule has 0 N–H and O–H groups in total. The summed E-state index contributed by atoms with van der Waals surface area (Å²) in [5.74, 6) is 0. The van der Waals surface area contributed by atoms with Crippen LogP contribution in [0, 0.1) is 21.0 Å². The van der Waals surface area contributed by atoms with Crippen LogP contribution >= 0.6 is 0 Å². The van der Waals surface area contributed by atoms with Crippen molar-refractivity contribution in [3.8, 4) is 0 Å². The Bertz CT molecular complexity index is 263. The second-order valence-corrected chi connectivity index (χ2v) is 3.21. The first-order valence-corrected chi connectivity index (χ1v) is 4.85. The van der Waals surface area contributed by atoms with Gasteiger partial charge in [-0.3, -0.25) is 0 Å². The minimum Gasteiger partial charge on any atom is -0.557 e. The van der Waals surface area contributed by atoms with Gasteiger partial charge in [0.25, 0.3) is 0 Å². The third-order valence-corrected chi connectivity index (χ3v) is 1.66. The molecule has 0 aliphatic carbocycles. The number of hydrogen-bond donors (Lipinski definition) is 0. The first-order valence-electron chi connectivity index (χ1n) is 4.85. The van der Waals surface area contributed by atoms with Gasteiger partial charge in [0, 0.05) is 0 Å². The minimum absolute atomic E-state index is 0. The second kappa shape index (κ2) is 12.6. The van der Waals surface area contributed by atoms with Crippen molar-refractivity contribution < 1.29 is 30.9 Å². The molecule has 0 fully saturated rings. The van der Waals surface area contributed by atoms with Crippen molar-refractivity contribution in [3.05, 3.63) is 66.8 Å². The van der Waals surface area contributed by atoms with Crippen LogP contribution in [0.5, 0.6) is 0 Å². The number of methoxy groups -OCH3 is 1. The molecule has 0 aliphatic rings. The molecule has 2 aromatic carbocycles. The molecule has 16 heavy (non-hydrogen) atoms. The third-order valence-electron chi connectivity index (χ3n) is 1.66. The maximum Gasteiger partial charge on any atom is 4.00 e. The monoisotopic (exact) mass is 293 g/mol. The predicted molar refractivity (Wildman–Crippen MR) is 65.9 cm³/mol. The van der Waals surface area contributed by atoms with E-state index in [0.717, 1.165) is 0 Å². The molecular weight excluding hydrogens is 275 g/mol. The minimum atomic E-state index is 0. The van der Waals surface area contributed by atoms with Crippen LogP contribution in [0.3, 0.4) is 0 Å². The van der Waals surface area contributed by atoms with E-state index in [1.165, 1.54) is 18.2 Å². The summed E-state index contributed by atoms with van der Waals surface area (Å²) in [6, 6.07) is 16.5. The summed E-state index contributed by atoms with van der Waals surface area (Å²) in [5.41, 5.74) is 2.69. The molecule has 0 spiro atoms. The topological polar surface area (TPSA) is 9.23 Å². The van der Waals surface area contributed by atoms with Crippen molar-refractivity contribution in [2.45, 2.75) is 13.8 Å². The summed E-state index contributed by atoms with van der Waals surface area (Å²) in [6.07, 6.45) is 0. The Balaban J connectivity index is 0. The largest absolute Gasteiger partial charge is 4.00 e. The van der Waals surface area contributed by atoms with Crippen LogP contribution in [-0.2, 0) is 30.9 Å². The van der Waals surface area contributed by atoms with Crippen molar-refractivity contribution >= 4 is 0 Å². The van der Waals surface area contributed by atoms with E-state index in [9.17, 15) is 0 Å². The average Bonchev–Trinajstić information content (AvgIpc) is 2.81. The second-order valence-electron chi connectivity index (χ2n) is 3.21. The Morgan fingerprint density at radius 2 is 1.00 bits per heavy atom. The Morgan fingerprint density at radius 1 is 0.812 bits per heavy atom. The molecule has 2 heteroatoms. The van der Waals surface area contributed by atoms with E-state index in [0.29, 0.717) is 0 Å². The molecule has 0 aliphatic heterocycles. The molecule has 0 radical (unpaired) electrons. The van der Waals surface area contributed by atoms with Crippen LogP contribution < -0.4 is 0 Å². The molecule has 0 unspecified atom stereocenters. The van der Waals surface area contributed by atoms with Gasteiger partial charge in [-0.05, 0) is 7.11 Å². The van der Waals surface area contributed by atoms with Gasteiger partial charge in [0.05, 0.1) is 0 Å². The Kier molecular flexibility index (Phi) is 14.1. The molecule has 0 bridgehead atoms. The molecule has 0 saturated heterocycles. The van der Waals surface area contributed by atoms with Crippen molar-refractivity contribution in [3.63, 3.8) is 0 Å². The van der Waals surface area contributed by atoms with E-state index in [2.05, 4.69) is 50.0 Å². The van der Waals surface area contributed by atoms with Crippen LogP contribution in [0.4, 0.5) is 0 Å². The summed E-state index contributed by atoms with van der Waals surface area (Å²) in [5, 5.41) is 0. The summed E-state index contributed by atoms with van der Waals surface area (Å²) in [4.78, 5) is 0. The van der Waals surface area contributed by atoms with E-state index in [1.54, 1.807) is 0 Å². The zero-order chi connectivity index (χ0) is 11.5. The van der Waals surface area contributed by atoms with Crippen LogP contribution in [0.2, 0.25) is 0 Å². The van der Waals surface area contributed by atoms with Crippen molar-refractivity contribution in [1.29, 1.82) is 0 Å². The van der Waals surface area contributed by atoms with Gasteiger partial charge in [-0.2, -0.15) is 35.4 Å². The van der Waals surface area contributed by atoms with Gasteiger partial charge in [-0.25, -0.2) is 31.4 Å². The van der Waals surface area contributed by atoms with Crippen molar-refractivity contribution in [2.75, 3.05) is 7.11 Å². The number of aryl methyl sites for hydroxylation is 2. The van der Waals surface area contributed by atoms with Crippen LogP contribution in [0.15, 0.2) is 48.5 Å². The maximum absolute atomic E-state index is 4.00. The summed E-state index contributed by atoms with van der Waals surface area (Å²) >= 11 is 0. The molecule has 0 saturated carbocycles. The molecule has 2 aromatic rings. The first-order chi connectivity index (χ1) is 7.20. The van der Waals surface area contributed by atoms with E-state index >= 15 is 0 Å². The van der Waals surface area contributed by atoms with Gasteiger partial charge in [-0.15, -0.1) is 0 Å². The zero-order valence-electron chi connectivity index (χ0n) is 10.2. The normalized spacial score (nSPS) is 7.75. The molecule has 1 nitrogen and oxygen atoms in total. The Labute approximate surface area is 118 Å². The molecule has 2 rings (SSSR count). The molecule has 0 atom stereocenters. The van der Waals surface area contributed by atoms with Crippen LogP contribution in [0.25, 0.3) is 0 Å². The summed E-state index contributed by atoms with van der Waals surface area (Å²) < 4.78 is 4.00. The fourth-order valence-corrected chi connectivity index (χ4v) is 0.940. The van der Waals surface area contributed by atoms with Gasteiger partial charge in [-0.1, -0.05) is 13.8 Å². The Morgan fingerprint density at radius 3 is 1.06 bits per heavy atom. The first kappa shape index (κ1) is 17.9. The van der Waals surface area contributed by atoms with E-state index in [1.807, 2.05) is 24.3 Å². The smallest absolute Gasteiger partial charge is 0.557 e. The fourth-order valence-electron chi connectivity index (χ4n) is 0.940. The Hall–Kier alpha value is -0.457. The molecule has 0 heterocycles. The van der Waals surface area contributed by atoms with Gasteiger partial charge in [0.1, 0.15) is 0 Å². The van der Waals surface area contributed by atoms with Gasteiger partial charge < -0.3 is 4.74 Å². The number of hydrogen-bond acceptors (Lipinski definition) is 1. The van der Waals surface area contributed by atoms with Crippen molar-refractivity contribution in [2.24, 2.45) is 0 Å². The third kappa shape index (κ3) is 11.6. The predicted octanol–water partition coefficient (Wildman–Crippen LogP) is 3.85. The molecule has 0 aromatic heterocycles. The van der Waals surface area contributed by atoms with Gasteiger partial charge in [0.2, 0.25) is 0 Å². The van der Waals surface area contributed by atoms with E-state index in [-0.39, 0.29) is 26.2 Å². The van der Waals surface area contributed by atoms with E-state index in [4.69, 9.17) is 0 Å². The summed E-state index contributed by atoms with van der Waals surface area (Å²) in [6.45, 7) is 4.17. The van der Waals surface area contributed by atoms with Gasteiger partial charge >= 0.3 is 26.2 Å². The van der Waals surface area contributed by atoms with Crippen molar-refractivity contribution in [1.82, 2.24) is 0 Å². The summed E-state index contributed by atoms with van der Waals surface area (Å²) in [7, 11) is 4.50.